The van der Waals surface area contributed by atoms with Crippen LogP contribution in [0.2, 0.25) is 5.15 Å². The molecule has 0 fully saturated rings. The van der Waals surface area contributed by atoms with E-state index in [2.05, 4.69) is 15.0 Å². The van der Waals surface area contributed by atoms with Crippen LogP contribution < -0.4 is 4.74 Å². The van der Waals surface area contributed by atoms with E-state index in [1.54, 1.807) is 19.5 Å². The molecule has 4 nitrogen and oxygen atoms in total. The third-order valence-electron chi connectivity index (χ3n) is 2.84. The van der Waals surface area contributed by atoms with E-state index in [4.69, 9.17) is 16.3 Å². The number of aromatic nitrogens is 3. The van der Waals surface area contributed by atoms with Crippen molar-refractivity contribution in [3.05, 3.63) is 48.0 Å². The Balaban J connectivity index is 2.33. The molecule has 5 heteroatoms. The van der Waals surface area contributed by atoms with E-state index in [-0.39, 0.29) is 0 Å². The first-order valence-electron chi connectivity index (χ1n) is 5.69. The minimum Gasteiger partial charge on any atom is -0.494 e. The van der Waals surface area contributed by atoms with Crippen molar-refractivity contribution < 1.29 is 4.74 Å². The maximum absolute atomic E-state index is 5.91. The van der Waals surface area contributed by atoms with E-state index in [1.165, 1.54) is 6.20 Å². The molecule has 0 aliphatic rings. The predicted molar refractivity (Wildman–Crippen MR) is 74.3 cm³/mol. The van der Waals surface area contributed by atoms with E-state index in [9.17, 15) is 0 Å². The number of benzene rings is 1. The number of hydrogen-bond donors (Lipinski definition) is 0. The SMILES string of the molecule is COc1ccc(-c2ccncc2)c2ncc(Cl)nc12. The van der Waals surface area contributed by atoms with Crippen LogP contribution >= 0.6 is 11.6 Å². The van der Waals surface area contributed by atoms with Crippen molar-refractivity contribution in [3.63, 3.8) is 0 Å². The Labute approximate surface area is 115 Å². The van der Waals surface area contributed by atoms with Gasteiger partial charge in [0, 0.05) is 18.0 Å². The summed E-state index contributed by atoms with van der Waals surface area (Å²) in [7, 11) is 1.60. The molecule has 0 N–H and O–H groups in total. The molecule has 0 bridgehead atoms. The van der Waals surface area contributed by atoms with E-state index < -0.39 is 0 Å². The van der Waals surface area contributed by atoms with Gasteiger partial charge in [-0.25, -0.2) is 4.98 Å². The van der Waals surface area contributed by atoms with Crippen LogP contribution in [-0.2, 0) is 0 Å². The molecule has 0 aliphatic carbocycles. The monoisotopic (exact) mass is 271 g/mol. The fourth-order valence-electron chi connectivity index (χ4n) is 1.98. The average molecular weight is 272 g/mol. The third kappa shape index (κ3) is 2.11. The van der Waals surface area contributed by atoms with Gasteiger partial charge in [-0.3, -0.25) is 9.97 Å². The van der Waals surface area contributed by atoms with Gasteiger partial charge in [0.1, 0.15) is 21.9 Å². The molecule has 2 aromatic heterocycles. The Morgan fingerprint density at radius 1 is 1.05 bits per heavy atom. The standard InChI is InChI=1S/C14H10ClN3O/c1-19-11-3-2-10(9-4-6-16-7-5-9)13-14(11)18-12(15)8-17-13/h2-8H,1H3. The number of hydrogen-bond acceptors (Lipinski definition) is 4. The number of halogens is 1. The second kappa shape index (κ2) is 4.82. The molecule has 0 saturated heterocycles. The van der Waals surface area contributed by atoms with Gasteiger partial charge in [0.15, 0.2) is 0 Å². The highest BCUT2D eigenvalue weighted by atomic mass is 35.5. The molecule has 3 aromatic rings. The Bertz CT molecular complexity index is 731. The van der Waals surface area contributed by atoms with Crippen LogP contribution in [0.5, 0.6) is 5.75 Å². The molecule has 0 saturated carbocycles. The molecule has 94 valence electrons. The number of pyridine rings is 1. The Hall–Kier alpha value is -2.20. The summed E-state index contributed by atoms with van der Waals surface area (Å²) >= 11 is 5.91. The zero-order valence-corrected chi connectivity index (χ0v) is 10.9. The van der Waals surface area contributed by atoms with Crippen LogP contribution in [-0.4, -0.2) is 22.1 Å². The maximum Gasteiger partial charge on any atom is 0.148 e. The molecule has 0 atom stereocenters. The van der Waals surface area contributed by atoms with Crippen LogP contribution in [0, 0.1) is 0 Å². The van der Waals surface area contributed by atoms with Gasteiger partial charge in [-0.15, -0.1) is 0 Å². The first-order chi connectivity index (χ1) is 9.29. The van der Waals surface area contributed by atoms with Crippen LogP contribution in [0.1, 0.15) is 0 Å². The van der Waals surface area contributed by atoms with Gasteiger partial charge in [-0.05, 0) is 29.8 Å². The summed E-state index contributed by atoms with van der Waals surface area (Å²) in [5.41, 5.74) is 3.42. The average Bonchev–Trinajstić information content (AvgIpc) is 2.47. The number of ether oxygens (including phenoxy) is 1. The summed E-state index contributed by atoms with van der Waals surface area (Å²) in [5, 5.41) is 0.345. The Morgan fingerprint density at radius 3 is 2.58 bits per heavy atom. The predicted octanol–water partition coefficient (Wildman–Crippen LogP) is 3.35. The molecular weight excluding hydrogens is 262 g/mol. The lowest BCUT2D eigenvalue weighted by molar-refractivity contribution is 0.419. The second-order valence-electron chi connectivity index (χ2n) is 3.94. The summed E-state index contributed by atoms with van der Waals surface area (Å²) in [6.07, 6.45) is 5.03. The summed E-state index contributed by atoms with van der Waals surface area (Å²) in [6, 6.07) is 7.68. The molecule has 1 aromatic carbocycles. The quantitative estimate of drug-likeness (QED) is 0.717. The topological polar surface area (TPSA) is 47.9 Å². The zero-order valence-electron chi connectivity index (χ0n) is 10.2. The summed E-state index contributed by atoms with van der Waals surface area (Å²) in [6.45, 7) is 0. The molecular formula is C14H10ClN3O. The van der Waals surface area contributed by atoms with Crippen LogP contribution in [0.4, 0.5) is 0 Å². The molecule has 0 spiro atoms. The van der Waals surface area contributed by atoms with Gasteiger partial charge in [0.05, 0.1) is 13.3 Å². The minimum atomic E-state index is 0.345. The molecule has 0 aliphatic heterocycles. The fourth-order valence-corrected chi connectivity index (χ4v) is 2.12. The summed E-state index contributed by atoms with van der Waals surface area (Å²) < 4.78 is 5.30. The fraction of sp³-hybridized carbons (Fsp3) is 0.0714. The highest BCUT2D eigenvalue weighted by molar-refractivity contribution is 6.29. The first-order valence-corrected chi connectivity index (χ1v) is 6.07. The van der Waals surface area contributed by atoms with Gasteiger partial charge < -0.3 is 4.74 Å². The molecule has 2 heterocycles. The van der Waals surface area contributed by atoms with Crippen molar-refractivity contribution in [2.75, 3.05) is 7.11 Å². The minimum absolute atomic E-state index is 0.345. The number of methoxy groups -OCH3 is 1. The van der Waals surface area contributed by atoms with Gasteiger partial charge in [0.2, 0.25) is 0 Å². The normalized spacial score (nSPS) is 10.6. The molecule has 19 heavy (non-hydrogen) atoms. The molecule has 0 radical (unpaired) electrons. The van der Waals surface area contributed by atoms with Crippen LogP contribution in [0.25, 0.3) is 22.2 Å². The lowest BCUT2D eigenvalue weighted by Crippen LogP contribution is -1.93. The van der Waals surface area contributed by atoms with Crippen molar-refractivity contribution >= 4 is 22.6 Å². The Kier molecular flexibility index (Phi) is 3.01. The second-order valence-corrected chi connectivity index (χ2v) is 4.33. The number of rotatable bonds is 2. The van der Waals surface area contributed by atoms with Crippen molar-refractivity contribution in [1.29, 1.82) is 0 Å². The van der Waals surface area contributed by atoms with Gasteiger partial charge in [-0.2, -0.15) is 0 Å². The van der Waals surface area contributed by atoms with E-state index in [1.807, 2.05) is 24.3 Å². The highest BCUT2D eigenvalue weighted by Crippen LogP contribution is 2.32. The lowest BCUT2D eigenvalue weighted by Gasteiger charge is -2.09. The van der Waals surface area contributed by atoms with Crippen LogP contribution in [0.15, 0.2) is 42.9 Å². The van der Waals surface area contributed by atoms with Gasteiger partial charge in [-0.1, -0.05) is 11.6 Å². The highest BCUT2D eigenvalue weighted by Gasteiger charge is 2.11. The largest absolute Gasteiger partial charge is 0.494 e. The summed E-state index contributed by atoms with van der Waals surface area (Å²) in [5.74, 6) is 0.655. The molecule has 0 amide bonds. The van der Waals surface area contributed by atoms with Gasteiger partial charge in [0.25, 0.3) is 0 Å². The van der Waals surface area contributed by atoms with Crippen LogP contribution in [0.3, 0.4) is 0 Å². The Morgan fingerprint density at radius 2 is 1.84 bits per heavy atom. The van der Waals surface area contributed by atoms with E-state index >= 15 is 0 Å². The van der Waals surface area contributed by atoms with Crippen molar-refractivity contribution in [2.24, 2.45) is 0 Å². The van der Waals surface area contributed by atoms with E-state index in [0.29, 0.717) is 16.4 Å². The van der Waals surface area contributed by atoms with Gasteiger partial charge >= 0.3 is 0 Å². The molecule has 3 rings (SSSR count). The van der Waals surface area contributed by atoms with Crippen molar-refractivity contribution in [1.82, 2.24) is 15.0 Å². The van der Waals surface area contributed by atoms with E-state index in [0.717, 1.165) is 16.6 Å². The zero-order chi connectivity index (χ0) is 13.2. The van der Waals surface area contributed by atoms with Crippen molar-refractivity contribution in [3.8, 4) is 16.9 Å². The first kappa shape index (κ1) is 11.9. The third-order valence-corrected chi connectivity index (χ3v) is 3.03. The maximum atomic E-state index is 5.91. The lowest BCUT2D eigenvalue weighted by atomic mass is 10.0. The molecule has 0 unspecified atom stereocenters. The number of fused-ring (bicyclic) bond motifs is 1. The van der Waals surface area contributed by atoms with Crippen molar-refractivity contribution in [2.45, 2.75) is 0 Å². The smallest absolute Gasteiger partial charge is 0.148 e. The summed E-state index contributed by atoms with van der Waals surface area (Å²) in [4.78, 5) is 12.7. The number of nitrogens with zero attached hydrogens (tertiary/aromatic N) is 3.